The first-order valence-electron chi connectivity index (χ1n) is 11.2. The van der Waals surface area contributed by atoms with Crippen molar-refractivity contribution in [2.24, 2.45) is 17.8 Å². The molecule has 2 aliphatic rings. The van der Waals surface area contributed by atoms with E-state index in [1.807, 2.05) is 49.4 Å². The van der Waals surface area contributed by atoms with Crippen molar-refractivity contribution in [3.63, 3.8) is 0 Å². The van der Waals surface area contributed by atoms with Crippen molar-refractivity contribution >= 4 is 45.8 Å². The third kappa shape index (κ3) is 3.65. The SMILES string of the molecule is CC(=O)N1c2ccc(C(C=NC3CC3)=CN)cc2N(c2nn(C)c3cccc(F)c23)CC1C. The van der Waals surface area contributed by atoms with Crippen LogP contribution in [0, 0.1) is 5.82 Å². The molecule has 0 bridgehead atoms. The zero-order chi connectivity index (χ0) is 23.3. The van der Waals surface area contributed by atoms with Crippen molar-refractivity contribution < 1.29 is 9.18 Å². The number of nitrogens with two attached hydrogens (primary N) is 1. The number of fused-ring (bicyclic) bond motifs is 2. The largest absolute Gasteiger partial charge is 0.404 e. The minimum atomic E-state index is -0.325. The van der Waals surface area contributed by atoms with Crippen LogP contribution in [0.3, 0.4) is 0 Å². The molecule has 2 aromatic carbocycles. The molecule has 170 valence electrons. The number of aliphatic imine (C=N–C) groups is 1. The summed E-state index contributed by atoms with van der Waals surface area (Å²) in [6.07, 6.45) is 5.57. The number of carbonyl (C=O) groups is 1. The lowest BCUT2D eigenvalue weighted by atomic mass is 10.0. The number of allylic oxidation sites excluding steroid dienone is 1. The number of rotatable bonds is 4. The fraction of sp³-hybridized carbons (Fsp3) is 0.320. The van der Waals surface area contributed by atoms with Crippen LogP contribution in [0.4, 0.5) is 21.6 Å². The third-order valence-corrected chi connectivity index (χ3v) is 6.30. The molecule has 8 heteroatoms. The number of hydrogen-bond donors (Lipinski definition) is 1. The highest BCUT2D eigenvalue weighted by molar-refractivity contribution is 6.11. The highest BCUT2D eigenvalue weighted by Crippen LogP contribution is 2.43. The first-order chi connectivity index (χ1) is 15.9. The zero-order valence-electron chi connectivity index (χ0n) is 19.0. The van der Waals surface area contributed by atoms with Gasteiger partial charge in [0.2, 0.25) is 5.91 Å². The molecule has 0 saturated heterocycles. The van der Waals surface area contributed by atoms with Gasteiger partial charge in [0, 0.05) is 38.5 Å². The fourth-order valence-electron chi connectivity index (χ4n) is 4.55. The fourth-order valence-corrected chi connectivity index (χ4v) is 4.55. The van der Waals surface area contributed by atoms with Crippen LogP contribution < -0.4 is 15.5 Å². The molecule has 1 amide bonds. The van der Waals surface area contributed by atoms with Gasteiger partial charge in [-0.05, 0) is 49.6 Å². The lowest BCUT2D eigenvalue weighted by Gasteiger charge is -2.41. The third-order valence-electron chi connectivity index (χ3n) is 6.30. The topological polar surface area (TPSA) is 79.8 Å². The van der Waals surface area contributed by atoms with Crippen molar-refractivity contribution in [1.82, 2.24) is 9.78 Å². The maximum Gasteiger partial charge on any atom is 0.224 e. The number of aryl methyl sites for hydroxylation is 1. The Labute approximate surface area is 192 Å². The molecule has 5 rings (SSSR count). The van der Waals surface area contributed by atoms with Crippen molar-refractivity contribution in [2.75, 3.05) is 16.3 Å². The van der Waals surface area contributed by atoms with Crippen LogP contribution >= 0.6 is 0 Å². The molecule has 1 saturated carbocycles. The smallest absolute Gasteiger partial charge is 0.224 e. The van der Waals surface area contributed by atoms with Gasteiger partial charge < -0.3 is 15.5 Å². The summed E-state index contributed by atoms with van der Waals surface area (Å²) in [5.74, 6) is 0.163. The maximum absolute atomic E-state index is 14.9. The van der Waals surface area contributed by atoms with Crippen molar-refractivity contribution in [3.05, 3.63) is 54.0 Å². The number of nitrogens with zero attached hydrogens (tertiary/aromatic N) is 5. The van der Waals surface area contributed by atoms with Gasteiger partial charge in [0.1, 0.15) is 5.82 Å². The Morgan fingerprint density at radius 3 is 2.73 bits per heavy atom. The average molecular weight is 447 g/mol. The lowest BCUT2D eigenvalue weighted by molar-refractivity contribution is -0.117. The highest BCUT2D eigenvalue weighted by Gasteiger charge is 2.34. The van der Waals surface area contributed by atoms with Gasteiger partial charge in [0.25, 0.3) is 0 Å². The summed E-state index contributed by atoms with van der Waals surface area (Å²) in [6.45, 7) is 4.03. The second-order valence-corrected chi connectivity index (χ2v) is 8.76. The van der Waals surface area contributed by atoms with Gasteiger partial charge in [0.05, 0.1) is 34.4 Å². The second-order valence-electron chi connectivity index (χ2n) is 8.76. The minimum Gasteiger partial charge on any atom is -0.404 e. The van der Waals surface area contributed by atoms with E-state index >= 15 is 0 Å². The van der Waals surface area contributed by atoms with Crippen molar-refractivity contribution in [2.45, 2.75) is 38.8 Å². The van der Waals surface area contributed by atoms with Crippen molar-refractivity contribution in [3.8, 4) is 0 Å². The number of amides is 1. The van der Waals surface area contributed by atoms with E-state index in [1.54, 1.807) is 28.8 Å². The van der Waals surface area contributed by atoms with Gasteiger partial charge in [-0.25, -0.2) is 4.39 Å². The van der Waals surface area contributed by atoms with Crippen LogP contribution in [0.1, 0.15) is 32.3 Å². The van der Waals surface area contributed by atoms with Crippen LogP contribution in [0.2, 0.25) is 0 Å². The first kappa shape index (κ1) is 21.2. The first-order valence-corrected chi connectivity index (χ1v) is 11.2. The summed E-state index contributed by atoms with van der Waals surface area (Å²) in [4.78, 5) is 20.9. The Hall–Kier alpha value is -3.68. The summed E-state index contributed by atoms with van der Waals surface area (Å²) >= 11 is 0. The quantitative estimate of drug-likeness (QED) is 0.611. The Balaban J connectivity index is 1.69. The number of aromatic nitrogens is 2. The zero-order valence-corrected chi connectivity index (χ0v) is 19.0. The van der Waals surface area contributed by atoms with E-state index in [1.165, 1.54) is 6.07 Å². The normalized spacial score (nSPS) is 18.9. The number of carbonyl (C=O) groups excluding carboxylic acids is 1. The van der Waals surface area contributed by atoms with E-state index < -0.39 is 0 Å². The molecule has 33 heavy (non-hydrogen) atoms. The average Bonchev–Trinajstić information content (AvgIpc) is 3.55. The Bertz CT molecular complexity index is 1310. The van der Waals surface area contributed by atoms with E-state index in [4.69, 9.17) is 5.73 Å². The van der Waals surface area contributed by atoms with E-state index in [0.29, 0.717) is 29.3 Å². The number of hydrogen-bond acceptors (Lipinski definition) is 5. The predicted molar refractivity (Wildman–Crippen MR) is 130 cm³/mol. The van der Waals surface area contributed by atoms with E-state index in [9.17, 15) is 9.18 Å². The molecule has 1 unspecified atom stereocenters. The highest BCUT2D eigenvalue weighted by atomic mass is 19.1. The van der Waals surface area contributed by atoms with Gasteiger partial charge >= 0.3 is 0 Å². The van der Waals surface area contributed by atoms with Gasteiger partial charge in [-0.15, -0.1) is 0 Å². The molecule has 1 fully saturated rings. The maximum atomic E-state index is 14.9. The predicted octanol–water partition coefficient (Wildman–Crippen LogP) is 4.14. The molecular formula is C25H27FN6O. The summed E-state index contributed by atoms with van der Waals surface area (Å²) in [6, 6.07) is 11.1. The number of halogens is 1. The van der Waals surface area contributed by atoms with Crippen LogP contribution in [0.15, 0.2) is 47.6 Å². The van der Waals surface area contributed by atoms with E-state index in [0.717, 1.165) is 35.4 Å². The van der Waals surface area contributed by atoms with Gasteiger partial charge in [-0.3, -0.25) is 14.5 Å². The molecule has 0 spiro atoms. The monoisotopic (exact) mass is 446 g/mol. The lowest BCUT2D eigenvalue weighted by Crippen LogP contribution is -2.48. The molecule has 0 radical (unpaired) electrons. The van der Waals surface area contributed by atoms with E-state index in [2.05, 4.69) is 10.1 Å². The number of benzene rings is 2. The second kappa shape index (κ2) is 8.03. The van der Waals surface area contributed by atoms with Gasteiger partial charge in [0.15, 0.2) is 5.82 Å². The van der Waals surface area contributed by atoms with Gasteiger partial charge in [-0.1, -0.05) is 12.1 Å². The van der Waals surface area contributed by atoms with Crippen LogP contribution in [-0.4, -0.2) is 40.5 Å². The molecule has 3 aromatic rings. The van der Waals surface area contributed by atoms with Crippen LogP contribution in [0.25, 0.3) is 16.5 Å². The van der Waals surface area contributed by atoms with Gasteiger partial charge in [-0.2, -0.15) is 5.10 Å². The molecule has 2 heterocycles. The standard InChI is InChI=1S/C25H27FN6O/c1-15-14-31(25-24-20(26)5-4-6-22(24)30(3)29-25)23-11-17(7-10-21(23)32(15)16(2)33)18(12-27)13-28-19-8-9-19/h4-7,10-13,15,19H,8-9,14,27H2,1-3H3. The van der Waals surface area contributed by atoms with Crippen LogP contribution in [-0.2, 0) is 11.8 Å². The molecule has 2 N–H and O–H groups in total. The Morgan fingerprint density at radius 2 is 2.03 bits per heavy atom. The molecule has 1 aromatic heterocycles. The Morgan fingerprint density at radius 1 is 1.24 bits per heavy atom. The minimum absolute atomic E-state index is 0.0434. The van der Waals surface area contributed by atoms with E-state index in [-0.39, 0.29) is 17.8 Å². The Kier molecular flexibility index (Phi) is 5.15. The van der Waals surface area contributed by atoms with Crippen molar-refractivity contribution in [1.29, 1.82) is 0 Å². The molecule has 1 aliphatic carbocycles. The summed E-state index contributed by atoms with van der Waals surface area (Å²) in [5, 5.41) is 5.14. The number of anilines is 3. The summed E-state index contributed by atoms with van der Waals surface area (Å²) < 4.78 is 16.6. The molecular weight excluding hydrogens is 419 g/mol. The molecule has 1 aliphatic heterocycles. The summed E-state index contributed by atoms with van der Waals surface area (Å²) in [5.41, 5.74) is 9.86. The van der Waals surface area contributed by atoms with Crippen LogP contribution in [0.5, 0.6) is 0 Å². The molecule has 1 atom stereocenters. The summed E-state index contributed by atoms with van der Waals surface area (Å²) in [7, 11) is 1.81. The molecule has 7 nitrogen and oxygen atoms in total.